The van der Waals surface area contributed by atoms with E-state index >= 15 is 0 Å². The lowest BCUT2D eigenvalue weighted by molar-refractivity contribution is 1.06. The number of nitrogens with zero attached hydrogens (tertiary/aromatic N) is 5. The van der Waals surface area contributed by atoms with Gasteiger partial charge < -0.3 is 4.40 Å². The maximum absolute atomic E-state index is 12.4. The number of para-hydroxylation sites is 1. The molecular formula is C27H17N5O. The highest BCUT2D eigenvalue weighted by atomic mass is 16.1. The quantitative estimate of drug-likeness (QED) is 0.370. The van der Waals surface area contributed by atoms with E-state index < -0.39 is 0 Å². The van der Waals surface area contributed by atoms with Crippen LogP contribution in [0.25, 0.3) is 50.7 Å². The summed E-state index contributed by atoms with van der Waals surface area (Å²) in [7, 11) is 0. The number of aromatic nitrogens is 5. The van der Waals surface area contributed by atoms with Crippen molar-refractivity contribution in [3.63, 3.8) is 0 Å². The molecule has 6 nitrogen and oxygen atoms in total. The van der Waals surface area contributed by atoms with Crippen molar-refractivity contribution in [2.24, 2.45) is 0 Å². The van der Waals surface area contributed by atoms with E-state index in [-0.39, 0.29) is 5.56 Å². The number of hydrogen-bond acceptors (Lipinski definition) is 5. The maximum Gasteiger partial charge on any atom is 0.281 e. The van der Waals surface area contributed by atoms with E-state index in [0.29, 0.717) is 28.5 Å². The number of benzene rings is 3. The monoisotopic (exact) mass is 427 g/mol. The van der Waals surface area contributed by atoms with Gasteiger partial charge in [0.15, 0.2) is 17.5 Å². The molecule has 0 aliphatic heterocycles. The fourth-order valence-electron chi connectivity index (χ4n) is 3.88. The van der Waals surface area contributed by atoms with Crippen LogP contribution in [0, 0.1) is 0 Å². The first kappa shape index (κ1) is 19.0. The zero-order valence-corrected chi connectivity index (χ0v) is 17.5. The van der Waals surface area contributed by atoms with Crippen LogP contribution in [0.2, 0.25) is 0 Å². The molecule has 0 amide bonds. The van der Waals surface area contributed by atoms with Crippen molar-refractivity contribution in [3.8, 4) is 34.2 Å². The summed E-state index contributed by atoms with van der Waals surface area (Å²) >= 11 is 0. The molecule has 3 heterocycles. The molecule has 6 heteroatoms. The van der Waals surface area contributed by atoms with Crippen molar-refractivity contribution in [1.29, 1.82) is 0 Å². The largest absolute Gasteiger partial charge is 0.300 e. The van der Waals surface area contributed by atoms with E-state index in [4.69, 9.17) is 15.0 Å². The summed E-state index contributed by atoms with van der Waals surface area (Å²) in [6.45, 7) is 0. The van der Waals surface area contributed by atoms with E-state index in [1.54, 1.807) is 6.07 Å². The SMILES string of the molecule is O=c1nc2ccc(-c3nc(-c4ccccc4)nc(-c4ccccc4)n3)cn2c2ccccc12. The first-order valence-corrected chi connectivity index (χ1v) is 10.5. The third-order valence-corrected chi connectivity index (χ3v) is 5.49. The minimum absolute atomic E-state index is 0.240. The summed E-state index contributed by atoms with van der Waals surface area (Å²) in [6.07, 6.45) is 1.92. The van der Waals surface area contributed by atoms with Gasteiger partial charge in [-0.2, -0.15) is 4.98 Å². The molecular weight excluding hydrogens is 410 g/mol. The first-order chi connectivity index (χ1) is 16.3. The Morgan fingerprint density at radius 2 is 1.06 bits per heavy atom. The minimum Gasteiger partial charge on any atom is -0.300 e. The van der Waals surface area contributed by atoms with Gasteiger partial charge in [0.1, 0.15) is 5.65 Å². The summed E-state index contributed by atoms with van der Waals surface area (Å²) in [5.74, 6) is 1.75. The third-order valence-electron chi connectivity index (χ3n) is 5.49. The van der Waals surface area contributed by atoms with Crippen molar-refractivity contribution < 1.29 is 0 Å². The Bertz CT molecular complexity index is 1620. The number of hydrogen-bond donors (Lipinski definition) is 0. The van der Waals surface area contributed by atoms with Crippen molar-refractivity contribution in [2.75, 3.05) is 0 Å². The molecule has 0 saturated heterocycles. The van der Waals surface area contributed by atoms with Crippen molar-refractivity contribution in [2.45, 2.75) is 0 Å². The topological polar surface area (TPSA) is 73.0 Å². The predicted molar refractivity (Wildman–Crippen MR) is 129 cm³/mol. The molecule has 0 radical (unpaired) electrons. The molecule has 0 aliphatic rings. The highest BCUT2D eigenvalue weighted by molar-refractivity contribution is 5.81. The van der Waals surface area contributed by atoms with Crippen molar-refractivity contribution in [1.82, 2.24) is 24.3 Å². The van der Waals surface area contributed by atoms with Gasteiger partial charge in [0.25, 0.3) is 5.56 Å². The van der Waals surface area contributed by atoms with Gasteiger partial charge in [-0.25, -0.2) is 15.0 Å². The van der Waals surface area contributed by atoms with Crippen LogP contribution in [0.4, 0.5) is 0 Å². The summed E-state index contributed by atoms with van der Waals surface area (Å²) < 4.78 is 1.90. The number of pyridine rings is 1. The highest BCUT2D eigenvalue weighted by Gasteiger charge is 2.13. The zero-order chi connectivity index (χ0) is 22.2. The maximum atomic E-state index is 12.4. The lowest BCUT2D eigenvalue weighted by Gasteiger charge is -2.10. The Kier molecular flexibility index (Phi) is 4.47. The molecule has 0 unspecified atom stereocenters. The van der Waals surface area contributed by atoms with E-state index in [0.717, 1.165) is 22.2 Å². The van der Waals surface area contributed by atoms with Gasteiger partial charge in [-0.15, -0.1) is 0 Å². The molecule has 0 fully saturated rings. The van der Waals surface area contributed by atoms with Crippen LogP contribution < -0.4 is 5.56 Å². The van der Waals surface area contributed by atoms with E-state index in [2.05, 4.69) is 4.98 Å². The van der Waals surface area contributed by atoms with Crippen LogP contribution >= 0.6 is 0 Å². The van der Waals surface area contributed by atoms with Gasteiger partial charge in [0.05, 0.1) is 10.9 Å². The summed E-state index contributed by atoms with van der Waals surface area (Å²) in [5, 5.41) is 0.567. The second kappa shape index (κ2) is 7.76. The Balaban J connectivity index is 1.60. The van der Waals surface area contributed by atoms with Gasteiger partial charge in [-0.1, -0.05) is 72.8 Å². The van der Waals surface area contributed by atoms with Crippen LogP contribution in [0.5, 0.6) is 0 Å². The average Bonchev–Trinajstić information content (AvgIpc) is 2.89. The zero-order valence-electron chi connectivity index (χ0n) is 17.5. The van der Waals surface area contributed by atoms with Crippen LogP contribution in [-0.4, -0.2) is 24.3 Å². The van der Waals surface area contributed by atoms with Gasteiger partial charge >= 0.3 is 0 Å². The average molecular weight is 427 g/mol. The molecule has 0 bridgehead atoms. The molecule has 3 aromatic heterocycles. The van der Waals surface area contributed by atoms with E-state index in [9.17, 15) is 4.79 Å². The first-order valence-electron chi connectivity index (χ1n) is 10.5. The molecule has 0 atom stereocenters. The van der Waals surface area contributed by atoms with Crippen LogP contribution in [0.1, 0.15) is 0 Å². The second-order valence-electron chi connectivity index (χ2n) is 7.62. The molecule has 0 aliphatic carbocycles. The Morgan fingerprint density at radius 1 is 0.515 bits per heavy atom. The van der Waals surface area contributed by atoms with E-state index in [1.165, 1.54) is 0 Å². The number of fused-ring (bicyclic) bond motifs is 3. The number of rotatable bonds is 3. The summed E-state index contributed by atoms with van der Waals surface area (Å²) in [4.78, 5) is 30.9. The summed E-state index contributed by atoms with van der Waals surface area (Å²) in [5.41, 5.74) is 3.74. The highest BCUT2D eigenvalue weighted by Crippen LogP contribution is 2.25. The lowest BCUT2D eigenvalue weighted by Crippen LogP contribution is -2.10. The molecule has 6 aromatic rings. The Hall–Kier alpha value is -4.71. The molecule has 0 spiro atoms. The molecule has 33 heavy (non-hydrogen) atoms. The van der Waals surface area contributed by atoms with Gasteiger partial charge in [0, 0.05) is 22.9 Å². The normalized spacial score (nSPS) is 11.2. The lowest BCUT2D eigenvalue weighted by atomic mass is 10.1. The summed E-state index contributed by atoms with van der Waals surface area (Å²) in [6, 6.07) is 30.9. The molecule has 0 saturated carbocycles. The van der Waals surface area contributed by atoms with Gasteiger partial charge in [-0.05, 0) is 24.3 Å². The van der Waals surface area contributed by atoms with Crippen molar-refractivity contribution in [3.05, 3.63) is 114 Å². The van der Waals surface area contributed by atoms with Crippen LogP contribution in [-0.2, 0) is 0 Å². The smallest absolute Gasteiger partial charge is 0.281 e. The third kappa shape index (κ3) is 3.43. The van der Waals surface area contributed by atoms with Crippen LogP contribution in [0.15, 0.2) is 108 Å². The second-order valence-corrected chi connectivity index (χ2v) is 7.62. The fourth-order valence-corrected chi connectivity index (χ4v) is 3.88. The predicted octanol–water partition coefficient (Wildman–Crippen LogP) is 5.03. The molecule has 156 valence electrons. The molecule has 0 N–H and O–H groups in total. The minimum atomic E-state index is -0.240. The fraction of sp³-hybridized carbons (Fsp3) is 0. The van der Waals surface area contributed by atoms with Gasteiger partial charge in [-0.3, -0.25) is 4.79 Å². The van der Waals surface area contributed by atoms with Gasteiger partial charge in [0.2, 0.25) is 0 Å². The van der Waals surface area contributed by atoms with E-state index in [1.807, 2.05) is 102 Å². The Morgan fingerprint density at radius 3 is 1.70 bits per heavy atom. The standard InChI is InChI=1S/C27H17N5O/c33-27-21-13-7-8-14-22(21)32-17-20(15-16-23(32)28-27)26-30-24(18-9-3-1-4-10-18)29-25(31-26)19-11-5-2-6-12-19/h1-17H. The molecule has 6 rings (SSSR count). The molecule has 3 aromatic carbocycles. The van der Waals surface area contributed by atoms with Crippen LogP contribution in [0.3, 0.4) is 0 Å². The van der Waals surface area contributed by atoms with Crippen molar-refractivity contribution >= 4 is 16.6 Å². The Labute approximate surface area is 188 Å².